The van der Waals surface area contributed by atoms with Crippen LogP contribution in [0.2, 0.25) is 5.02 Å². The third-order valence-electron chi connectivity index (χ3n) is 5.52. The first kappa shape index (κ1) is 20.6. The number of carbonyl (C=O) groups is 1. The second-order valence-corrected chi connectivity index (χ2v) is 7.98. The van der Waals surface area contributed by atoms with E-state index in [9.17, 15) is 4.79 Å². The van der Waals surface area contributed by atoms with Crippen LogP contribution in [0.15, 0.2) is 65.2 Å². The molecule has 1 fully saturated rings. The highest BCUT2D eigenvalue weighted by Gasteiger charge is 2.25. The van der Waals surface area contributed by atoms with E-state index in [0.29, 0.717) is 25.3 Å². The maximum atomic E-state index is 12.5. The van der Waals surface area contributed by atoms with Gasteiger partial charge in [0.15, 0.2) is 11.7 Å². The Morgan fingerprint density at radius 3 is 2.60 bits per heavy atom. The highest BCUT2D eigenvalue weighted by Crippen LogP contribution is 2.29. The molecule has 1 atom stereocenters. The fourth-order valence-corrected chi connectivity index (χ4v) is 4.18. The molecule has 5 nitrogen and oxygen atoms in total. The summed E-state index contributed by atoms with van der Waals surface area (Å²) in [6.07, 6.45) is 4.89. The van der Waals surface area contributed by atoms with Crippen LogP contribution in [0.25, 0.3) is 11.3 Å². The minimum Gasteiger partial charge on any atom is -0.441 e. The summed E-state index contributed by atoms with van der Waals surface area (Å²) in [6.45, 7) is 2.61. The number of aryl methyl sites for hydroxylation is 1. The van der Waals surface area contributed by atoms with Gasteiger partial charge in [-0.2, -0.15) is 0 Å². The normalized spacial score (nSPS) is 15.2. The Morgan fingerprint density at radius 2 is 1.83 bits per heavy atom. The van der Waals surface area contributed by atoms with Crippen molar-refractivity contribution < 1.29 is 9.21 Å². The molecule has 30 heavy (non-hydrogen) atoms. The van der Waals surface area contributed by atoms with Crippen LogP contribution in [0.5, 0.6) is 0 Å². The standard InChI is InChI=1S/C24H26ClN3O2/c25-20-11-5-4-10-19(20)21(28-14-6-7-15-28)16-26-23(29)12-13-24-27-17-22(30-24)18-8-2-1-3-9-18/h1-5,8-11,17,21H,6-7,12-16H2,(H,26,29). The van der Waals surface area contributed by atoms with Gasteiger partial charge in [-0.15, -0.1) is 0 Å². The van der Waals surface area contributed by atoms with E-state index in [0.717, 1.165) is 35.0 Å². The first-order valence-electron chi connectivity index (χ1n) is 10.5. The molecule has 1 aliphatic heterocycles. The number of oxazole rings is 1. The van der Waals surface area contributed by atoms with Crippen LogP contribution in [-0.4, -0.2) is 35.4 Å². The Bertz CT molecular complexity index is 967. The Balaban J connectivity index is 1.33. The average molecular weight is 424 g/mol. The molecule has 0 saturated carbocycles. The molecular weight excluding hydrogens is 398 g/mol. The Hall–Kier alpha value is -2.63. The third kappa shape index (κ3) is 5.10. The van der Waals surface area contributed by atoms with Crippen molar-refractivity contribution in [2.24, 2.45) is 0 Å². The number of carbonyl (C=O) groups excluding carboxylic acids is 1. The summed E-state index contributed by atoms with van der Waals surface area (Å²) < 4.78 is 5.80. The minimum absolute atomic E-state index is 0.00860. The topological polar surface area (TPSA) is 58.4 Å². The zero-order valence-electron chi connectivity index (χ0n) is 16.9. The number of nitrogens with one attached hydrogen (secondary N) is 1. The van der Waals surface area contributed by atoms with Gasteiger partial charge in [0.1, 0.15) is 0 Å². The molecular formula is C24H26ClN3O2. The van der Waals surface area contributed by atoms with Crippen molar-refractivity contribution in [3.8, 4) is 11.3 Å². The van der Waals surface area contributed by atoms with Gasteiger partial charge in [-0.25, -0.2) is 4.98 Å². The maximum Gasteiger partial charge on any atom is 0.220 e. The molecule has 0 bridgehead atoms. The van der Waals surface area contributed by atoms with E-state index in [1.807, 2.05) is 48.5 Å². The number of hydrogen-bond acceptors (Lipinski definition) is 4. The van der Waals surface area contributed by atoms with Crippen molar-refractivity contribution in [2.45, 2.75) is 31.7 Å². The lowest BCUT2D eigenvalue weighted by molar-refractivity contribution is -0.121. The van der Waals surface area contributed by atoms with Gasteiger partial charge in [-0.3, -0.25) is 9.69 Å². The highest BCUT2D eigenvalue weighted by molar-refractivity contribution is 6.31. The molecule has 0 radical (unpaired) electrons. The van der Waals surface area contributed by atoms with Crippen molar-refractivity contribution in [1.29, 1.82) is 0 Å². The molecule has 2 aromatic carbocycles. The van der Waals surface area contributed by atoms with Gasteiger partial charge in [0.05, 0.1) is 12.2 Å². The third-order valence-corrected chi connectivity index (χ3v) is 5.86. The largest absolute Gasteiger partial charge is 0.441 e. The number of benzene rings is 2. The van der Waals surface area contributed by atoms with E-state index in [4.69, 9.17) is 16.0 Å². The van der Waals surface area contributed by atoms with Crippen LogP contribution in [0.1, 0.15) is 36.8 Å². The van der Waals surface area contributed by atoms with E-state index in [-0.39, 0.29) is 11.9 Å². The first-order valence-corrected chi connectivity index (χ1v) is 10.8. The lowest BCUT2D eigenvalue weighted by Gasteiger charge is -2.29. The number of amides is 1. The summed E-state index contributed by atoms with van der Waals surface area (Å²) in [7, 11) is 0. The first-order chi connectivity index (χ1) is 14.7. The van der Waals surface area contributed by atoms with Gasteiger partial charge in [0.2, 0.25) is 5.91 Å². The van der Waals surface area contributed by atoms with E-state index in [1.54, 1.807) is 6.20 Å². The molecule has 1 amide bonds. The molecule has 0 aliphatic carbocycles. The van der Waals surface area contributed by atoms with Crippen LogP contribution >= 0.6 is 11.6 Å². The number of halogens is 1. The summed E-state index contributed by atoms with van der Waals surface area (Å²) >= 11 is 6.45. The predicted octanol–water partition coefficient (Wildman–Crippen LogP) is 4.88. The smallest absolute Gasteiger partial charge is 0.220 e. The number of likely N-dealkylation sites (tertiary alicyclic amines) is 1. The fourth-order valence-electron chi connectivity index (χ4n) is 3.92. The second-order valence-electron chi connectivity index (χ2n) is 7.57. The van der Waals surface area contributed by atoms with Gasteiger partial charge in [-0.1, -0.05) is 60.1 Å². The minimum atomic E-state index is -0.00860. The number of hydrogen-bond donors (Lipinski definition) is 1. The van der Waals surface area contributed by atoms with E-state index in [2.05, 4.69) is 21.3 Å². The Kier molecular flexibility index (Phi) is 6.82. The van der Waals surface area contributed by atoms with Crippen LogP contribution in [0.4, 0.5) is 0 Å². The molecule has 3 aromatic rings. The Morgan fingerprint density at radius 1 is 1.10 bits per heavy atom. The zero-order chi connectivity index (χ0) is 20.8. The highest BCUT2D eigenvalue weighted by atomic mass is 35.5. The van der Waals surface area contributed by atoms with E-state index in [1.165, 1.54) is 12.8 Å². The van der Waals surface area contributed by atoms with Gasteiger partial charge < -0.3 is 9.73 Å². The second kappa shape index (κ2) is 9.92. The maximum absolute atomic E-state index is 12.5. The summed E-state index contributed by atoms with van der Waals surface area (Å²) in [4.78, 5) is 19.2. The van der Waals surface area contributed by atoms with Crippen molar-refractivity contribution in [3.05, 3.63) is 77.3 Å². The molecule has 0 spiro atoms. The molecule has 1 aliphatic rings. The monoisotopic (exact) mass is 423 g/mol. The average Bonchev–Trinajstić information content (AvgIpc) is 3.47. The van der Waals surface area contributed by atoms with Crippen LogP contribution < -0.4 is 5.32 Å². The van der Waals surface area contributed by atoms with Crippen molar-refractivity contribution in [2.75, 3.05) is 19.6 Å². The van der Waals surface area contributed by atoms with Gasteiger partial charge >= 0.3 is 0 Å². The number of aromatic nitrogens is 1. The lowest BCUT2D eigenvalue weighted by atomic mass is 10.1. The Labute approximate surface area is 182 Å². The van der Waals surface area contributed by atoms with Crippen molar-refractivity contribution >= 4 is 17.5 Å². The van der Waals surface area contributed by atoms with E-state index >= 15 is 0 Å². The fraction of sp³-hybridized carbons (Fsp3) is 0.333. The molecule has 1 saturated heterocycles. The SMILES string of the molecule is O=C(CCc1ncc(-c2ccccc2)o1)NCC(c1ccccc1Cl)N1CCCC1. The van der Waals surface area contributed by atoms with Crippen LogP contribution in [0.3, 0.4) is 0 Å². The quantitative estimate of drug-likeness (QED) is 0.561. The van der Waals surface area contributed by atoms with Gasteiger partial charge in [0, 0.05) is 30.0 Å². The number of rotatable bonds is 8. The number of nitrogens with zero attached hydrogens (tertiary/aromatic N) is 2. The van der Waals surface area contributed by atoms with Crippen LogP contribution in [0, 0.1) is 0 Å². The summed E-state index contributed by atoms with van der Waals surface area (Å²) in [6, 6.07) is 17.8. The molecule has 1 N–H and O–H groups in total. The molecule has 2 heterocycles. The molecule has 156 valence electrons. The predicted molar refractivity (Wildman–Crippen MR) is 118 cm³/mol. The lowest BCUT2D eigenvalue weighted by Crippen LogP contribution is -2.37. The summed E-state index contributed by atoms with van der Waals surface area (Å²) in [5.74, 6) is 1.29. The molecule has 1 unspecified atom stereocenters. The van der Waals surface area contributed by atoms with Gasteiger partial charge in [-0.05, 0) is 37.6 Å². The zero-order valence-corrected chi connectivity index (χ0v) is 17.6. The summed E-state index contributed by atoms with van der Waals surface area (Å²) in [5.41, 5.74) is 2.05. The van der Waals surface area contributed by atoms with Gasteiger partial charge in [0.25, 0.3) is 0 Å². The molecule has 6 heteroatoms. The van der Waals surface area contributed by atoms with E-state index < -0.39 is 0 Å². The van der Waals surface area contributed by atoms with Crippen molar-refractivity contribution in [3.63, 3.8) is 0 Å². The van der Waals surface area contributed by atoms with Crippen molar-refractivity contribution in [1.82, 2.24) is 15.2 Å². The molecule has 1 aromatic heterocycles. The summed E-state index contributed by atoms with van der Waals surface area (Å²) in [5, 5.41) is 3.83. The van der Waals surface area contributed by atoms with Crippen LogP contribution in [-0.2, 0) is 11.2 Å². The molecule has 4 rings (SSSR count).